The van der Waals surface area contributed by atoms with Gasteiger partial charge in [-0.1, -0.05) is 42.8 Å². The molecule has 3 rings (SSSR count). The lowest BCUT2D eigenvalue weighted by atomic mass is 10.0. The van der Waals surface area contributed by atoms with Gasteiger partial charge in [0.25, 0.3) is 0 Å². The fourth-order valence-electron chi connectivity index (χ4n) is 2.93. The normalized spacial score (nSPS) is 18.8. The molecule has 25 heavy (non-hydrogen) atoms. The van der Waals surface area contributed by atoms with Crippen molar-refractivity contribution in [3.63, 3.8) is 0 Å². The molecule has 0 aromatic heterocycles. The third-order valence-electron chi connectivity index (χ3n) is 4.27. The maximum absolute atomic E-state index is 13.1. The first-order valence-corrected chi connectivity index (χ1v) is 9.89. The number of carbonyl (C=O) groups excluding carboxylic acids is 1. The molecule has 1 heterocycles. The molecule has 1 aliphatic heterocycles. The van der Waals surface area contributed by atoms with Crippen LogP contribution >= 0.6 is 11.6 Å². The first-order valence-electron chi connectivity index (χ1n) is 8.07. The number of benzene rings is 2. The molecule has 7 heteroatoms. The maximum Gasteiger partial charge on any atom is 0.244 e. The van der Waals surface area contributed by atoms with Gasteiger partial charge >= 0.3 is 0 Å². The number of rotatable bonds is 4. The van der Waals surface area contributed by atoms with Crippen LogP contribution in [0.25, 0.3) is 0 Å². The molecular weight excluding hydrogens is 360 g/mol. The van der Waals surface area contributed by atoms with Gasteiger partial charge in [0.15, 0.2) is 0 Å². The summed E-state index contributed by atoms with van der Waals surface area (Å²) in [5.41, 5.74) is 1.61. The molecule has 1 unspecified atom stereocenters. The molecule has 0 aliphatic carbocycles. The van der Waals surface area contributed by atoms with Gasteiger partial charge in [0.2, 0.25) is 15.9 Å². The second-order valence-corrected chi connectivity index (χ2v) is 8.19. The number of sulfonamides is 1. The molecule has 2 aromatic rings. The van der Waals surface area contributed by atoms with Crippen molar-refractivity contribution < 1.29 is 13.2 Å². The van der Waals surface area contributed by atoms with Crippen LogP contribution in [0.15, 0.2) is 53.4 Å². The molecular formula is C18H19ClN2O3S. The highest BCUT2D eigenvalue weighted by Crippen LogP contribution is 2.31. The molecule has 1 fully saturated rings. The van der Waals surface area contributed by atoms with E-state index in [0.29, 0.717) is 10.6 Å². The topological polar surface area (TPSA) is 66.5 Å². The SMILES string of the molecule is CCc1ccc(S(=O)(=O)N2CCNC(=O)C2c2cccc(Cl)c2)cc1. The van der Waals surface area contributed by atoms with Crippen LogP contribution in [0.3, 0.4) is 0 Å². The van der Waals surface area contributed by atoms with Crippen molar-refractivity contribution in [2.75, 3.05) is 13.1 Å². The molecule has 1 saturated heterocycles. The molecule has 0 radical (unpaired) electrons. The second-order valence-electron chi connectivity index (χ2n) is 5.86. The van der Waals surface area contributed by atoms with E-state index >= 15 is 0 Å². The summed E-state index contributed by atoms with van der Waals surface area (Å²) in [5.74, 6) is -0.345. The molecule has 2 aromatic carbocycles. The lowest BCUT2D eigenvalue weighted by molar-refractivity contribution is -0.126. The zero-order valence-corrected chi connectivity index (χ0v) is 15.3. The highest BCUT2D eigenvalue weighted by atomic mass is 35.5. The van der Waals surface area contributed by atoms with Crippen molar-refractivity contribution in [3.05, 3.63) is 64.7 Å². The van der Waals surface area contributed by atoms with E-state index in [-0.39, 0.29) is 23.9 Å². The Hall–Kier alpha value is -1.89. The molecule has 132 valence electrons. The average Bonchev–Trinajstić information content (AvgIpc) is 2.61. The van der Waals surface area contributed by atoms with Crippen LogP contribution in [-0.2, 0) is 21.2 Å². The first kappa shape index (κ1) is 17.9. The Kier molecular flexibility index (Phi) is 5.13. The number of halogens is 1. The van der Waals surface area contributed by atoms with Crippen molar-refractivity contribution in [3.8, 4) is 0 Å². The minimum Gasteiger partial charge on any atom is -0.353 e. The Labute approximate surface area is 152 Å². The Morgan fingerprint density at radius 3 is 2.56 bits per heavy atom. The zero-order valence-electron chi connectivity index (χ0n) is 13.8. The first-order chi connectivity index (χ1) is 11.9. The standard InChI is InChI=1S/C18H19ClN2O3S/c1-2-13-6-8-16(9-7-13)25(23,24)21-11-10-20-18(22)17(21)14-4-3-5-15(19)12-14/h3-9,12,17H,2,10-11H2,1H3,(H,20,22). The van der Waals surface area contributed by atoms with E-state index in [1.165, 1.54) is 4.31 Å². The van der Waals surface area contributed by atoms with E-state index in [1.54, 1.807) is 48.5 Å². The Bertz CT molecular complexity index is 881. The van der Waals surface area contributed by atoms with Crippen LogP contribution in [0.2, 0.25) is 5.02 Å². The summed E-state index contributed by atoms with van der Waals surface area (Å²) in [5, 5.41) is 3.19. The summed E-state index contributed by atoms with van der Waals surface area (Å²) in [6.45, 7) is 2.50. The van der Waals surface area contributed by atoms with Gasteiger partial charge in [-0.2, -0.15) is 4.31 Å². The number of nitrogens with one attached hydrogen (secondary N) is 1. The van der Waals surface area contributed by atoms with Crippen molar-refractivity contribution in [1.82, 2.24) is 9.62 Å². The minimum atomic E-state index is -3.80. The third-order valence-corrected chi connectivity index (χ3v) is 6.38. The number of nitrogens with zero attached hydrogens (tertiary/aromatic N) is 1. The highest BCUT2D eigenvalue weighted by molar-refractivity contribution is 7.89. The minimum absolute atomic E-state index is 0.187. The van der Waals surface area contributed by atoms with Crippen LogP contribution in [0.1, 0.15) is 24.1 Å². The van der Waals surface area contributed by atoms with Gasteiger partial charge in [0.05, 0.1) is 4.90 Å². The summed E-state index contributed by atoms with van der Waals surface area (Å²) >= 11 is 6.02. The second kappa shape index (κ2) is 7.15. The van der Waals surface area contributed by atoms with Crippen LogP contribution in [0.4, 0.5) is 0 Å². The third kappa shape index (κ3) is 3.56. The molecule has 1 amide bonds. The fraction of sp³-hybridized carbons (Fsp3) is 0.278. The monoisotopic (exact) mass is 378 g/mol. The number of hydrogen-bond donors (Lipinski definition) is 1. The molecule has 1 atom stereocenters. The van der Waals surface area contributed by atoms with Gasteiger partial charge in [-0.05, 0) is 41.8 Å². The van der Waals surface area contributed by atoms with E-state index in [2.05, 4.69) is 5.32 Å². The Morgan fingerprint density at radius 1 is 1.20 bits per heavy atom. The highest BCUT2D eigenvalue weighted by Gasteiger charge is 2.39. The van der Waals surface area contributed by atoms with Gasteiger partial charge in [0.1, 0.15) is 6.04 Å². The quantitative estimate of drug-likeness (QED) is 0.889. The predicted molar refractivity (Wildman–Crippen MR) is 96.9 cm³/mol. The fourth-order valence-corrected chi connectivity index (χ4v) is 4.71. The molecule has 0 bridgehead atoms. The van der Waals surface area contributed by atoms with Crippen LogP contribution in [-0.4, -0.2) is 31.7 Å². The van der Waals surface area contributed by atoms with Gasteiger partial charge in [-0.3, -0.25) is 4.79 Å². The number of piperazine rings is 1. The maximum atomic E-state index is 13.1. The number of aryl methyl sites for hydroxylation is 1. The zero-order chi connectivity index (χ0) is 18.0. The summed E-state index contributed by atoms with van der Waals surface area (Å²) in [6, 6.07) is 12.6. The molecule has 5 nitrogen and oxygen atoms in total. The average molecular weight is 379 g/mol. The van der Waals surface area contributed by atoms with Crippen molar-refractivity contribution in [2.45, 2.75) is 24.3 Å². The summed E-state index contributed by atoms with van der Waals surface area (Å²) in [6.07, 6.45) is 0.831. The molecule has 0 saturated carbocycles. The largest absolute Gasteiger partial charge is 0.353 e. The summed E-state index contributed by atoms with van der Waals surface area (Å²) < 4.78 is 27.5. The van der Waals surface area contributed by atoms with Crippen molar-refractivity contribution in [2.24, 2.45) is 0 Å². The van der Waals surface area contributed by atoms with E-state index in [9.17, 15) is 13.2 Å². The molecule has 1 aliphatic rings. The smallest absolute Gasteiger partial charge is 0.244 e. The lowest BCUT2D eigenvalue weighted by Crippen LogP contribution is -2.52. The summed E-state index contributed by atoms with van der Waals surface area (Å²) in [4.78, 5) is 12.6. The van der Waals surface area contributed by atoms with Gasteiger partial charge in [0, 0.05) is 18.1 Å². The number of carbonyl (C=O) groups is 1. The predicted octanol–water partition coefficient (Wildman–Crippen LogP) is 2.76. The van der Waals surface area contributed by atoms with Crippen LogP contribution in [0, 0.1) is 0 Å². The molecule has 1 N–H and O–H groups in total. The Balaban J connectivity index is 2.03. The number of hydrogen-bond acceptors (Lipinski definition) is 3. The van der Waals surface area contributed by atoms with E-state index in [1.807, 2.05) is 6.92 Å². The van der Waals surface area contributed by atoms with Gasteiger partial charge < -0.3 is 5.32 Å². The molecule has 0 spiro atoms. The van der Waals surface area contributed by atoms with Gasteiger partial charge in [-0.25, -0.2) is 8.42 Å². The van der Waals surface area contributed by atoms with Crippen LogP contribution < -0.4 is 5.32 Å². The van der Waals surface area contributed by atoms with Crippen molar-refractivity contribution >= 4 is 27.5 Å². The van der Waals surface area contributed by atoms with E-state index in [4.69, 9.17) is 11.6 Å². The van der Waals surface area contributed by atoms with Crippen molar-refractivity contribution in [1.29, 1.82) is 0 Å². The van der Waals surface area contributed by atoms with E-state index < -0.39 is 16.1 Å². The lowest BCUT2D eigenvalue weighted by Gasteiger charge is -2.34. The van der Waals surface area contributed by atoms with E-state index in [0.717, 1.165) is 12.0 Å². The number of amides is 1. The Morgan fingerprint density at radius 2 is 1.92 bits per heavy atom. The summed E-state index contributed by atoms with van der Waals surface area (Å²) in [7, 11) is -3.80. The van der Waals surface area contributed by atoms with Gasteiger partial charge in [-0.15, -0.1) is 0 Å². The van der Waals surface area contributed by atoms with Crippen LogP contribution in [0.5, 0.6) is 0 Å².